The maximum atomic E-state index is 13.7. The molecule has 0 spiro atoms. The summed E-state index contributed by atoms with van der Waals surface area (Å²) >= 11 is 0. The Morgan fingerprint density at radius 1 is 1.28 bits per heavy atom. The third-order valence-corrected chi connectivity index (χ3v) is 2.23. The van der Waals surface area contributed by atoms with E-state index in [0.29, 0.717) is 0 Å². The molecule has 7 heteroatoms. The van der Waals surface area contributed by atoms with E-state index in [-0.39, 0.29) is 17.1 Å². The Labute approximate surface area is 100 Å². The summed E-state index contributed by atoms with van der Waals surface area (Å²) in [5.74, 6) is -1.74. The quantitative estimate of drug-likeness (QED) is 0.328. The van der Waals surface area contributed by atoms with Crippen LogP contribution in [-0.2, 0) is 0 Å². The van der Waals surface area contributed by atoms with E-state index in [1.54, 1.807) is 0 Å². The molecule has 1 aromatic carbocycles. The van der Waals surface area contributed by atoms with Crippen LogP contribution in [0.5, 0.6) is 0 Å². The van der Waals surface area contributed by atoms with E-state index in [1.165, 1.54) is 18.5 Å². The van der Waals surface area contributed by atoms with Gasteiger partial charge in [-0.2, -0.15) is 0 Å². The van der Waals surface area contributed by atoms with Crippen LogP contribution in [0, 0.1) is 18.2 Å². The molecule has 0 saturated heterocycles. The second-order valence-electron chi connectivity index (χ2n) is 3.34. The van der Waals surface area contributed by atoms with Crippen molar-refractivity contribution < 1.29 is 8.78 Å². The van der Waals surface area contributed by atoms with Gasteiger partial charge in [-0.15, -0.1) is 0 Å². The first-order chi connectivity index (χ1) is 8.65. The molecule has 5 nitrogen and oxygen atoms in total. The van der Waals surface area contributed by atoms with Crippen LogP contribution in [-0.4, -0.2) is 4.57 Å². The number of rotatable bonds is 2. The predicted octanol–water partition coefficient (Wildman–Crippen LogP) is 4.25. The van der Waals surface area contributed by atoms with Crippen molar-refractivity contribution in [2.24, 2.45) is 5.11 Å². The lowest BCUT2D eigenvalue weighted by Crippen LogP contribution is -1.98. The molecule has 0 atom stereocenters. The summed E-state index contributed by atoms with van der Waals surface area (Å²) in [6.45, 7) is 6.78. The lowest BCUT2D eigenvalue weighted by Gasteiger charge is -2.07. The lowest BCUT2D eigenvalue weighted by atomic mass is 10.2. The van der Waals surface area contributed by atoms with Gasteiger partial charge in [-0.25, -0.2) is 13.6 Å². The van der Waals surface area contributed by atoms with Crippen LogP contribution in [0.1, 0.15) is 0 Å². The smallest absolute Gasteiger partial charge is 0.204 e. The molecule has 0 aliphatic rings. The van der Waals surface area contributed by atoms with E-state index in [9.17, 15) is 8.78 Å². The first kappa shape index (κ1) is 11.6. The Bertz CT molecular complexity index is 669. The molecule has 0 amide bonds. The molecule has 2 rings (SSSR count). The van der Waals surface area contributed by atoms with Gasteiger partial charge in [0.1, 0.15) is 5.69 Å². The van der Waals surface area contributed by atoms with Crippen molar-refractivity contribution in [3.05, 3.63) is 64.1 Å². The van der Waals surface area contributed by atoms with Gasteiger partial charge in [0, 0.05) is 16.8 Å². The molecule has 1 aromatic heterocycles. The fourth-order valence-corrected chi connectivity index (χ4v) is 1.50. The molecule has 0 saturated carbocycles. The van der Waals surface area contributed by atoms with Crippen LogP contribution in [0.15, 0.2) is 35.7 Å². The van der Waals surface area contributed by atoms with Gasteiger partial charge in [0.05, 0.1) is 6.57 Å². The summed E-state index contributed by atoms with van der Waals surface area (Å²) in [5, 5.41) is 3.13. The van der Waals surface area contributed by atoms with Crippen LogP contribution in [0.2, 0.25) is 0 Å². The number of aromatic nitrogens is 1. The van der Waals surface area contributed by atoms with Crippen molar-refractivity contribution in [2.75, 3.05) is 0 Å². The zero-order valence-electron chi connectivity index (χ0n) is 8.88. The first-order valence-corrected chi connectivity index (χ1v) is 4.75. The Hall–Kier alpha value is -2.84. The molecule has 0 aliphatic carbocycles. The highest BCUT2D eigenvalue weighted by Crippen LogP contribution is 2.26. The van der Waals surface area contributed by atoms with Gasteiger partial charge in [-0.3, -0.25) is 0 Å². The molecule has 0 radical (unpaired) electrons. The van der Waals surface area contributed by atoms with Gasteiger partial charge in [-0.05, 0) is 29.9 Å². The Balaban J connectivity index is 2.58. The van der Waals surface area contributed by atoms with Crippen LogP contribution in [0.25, 0.3) is 21.0 Å². The Morgan fingerprint density at radius 3 is 2.44 bits per heavy atom. The average Bonchev–Trinajstić information content (AvgIpc) is 2.77. The monoisotopic (exact) mass is 245 g/mol. The van der Waals surface area contributed by atoms with Crippen molar-refractivity contribution in [1.29, 1.82) is 0 Å². The third kappa shape index (κ3) is 2.00. The number of azide groups is 1. The normalized spacial score (nSPS) is 9.61. The van der Waals surface area contributed by atoms with E-state index in [2.05, 4.69) is 14.9 Å². The molecule has 2 aromatic rings. The lowest BCUT2D eigenvalue weighted by molar-refractivity contribution is 0.570. The summed E-state index contributed by atoms with van der Waals surface area (Å²) in [6.07, 6.45) is 2.68. The van der Waals surface area contributed by atoms with Crippen LogP contribution < -0.4 is 0 Å². The fraction of sp³-hybridized carbons (Fsp3) is 0. The third-order valence-electron chi connectivity index (χ3n) is 2.23. The highest BCUT2D eigenvalue weighted by atomic mass is 19.1. The molecular weight excluding hydrogens is 240 g/mol. The average molecular weight is 245 g/mol. The number of nitrogens with zero attached hydrogens (tertiary/aromatic N) is 5. The minimum Gasteiger partial charge on any atom is -0.331 e. The highest BCUT2D eigenvalue weighted by Gasteiger charge is 2.12. The van der Waals surface area contributed by atoms with Gasteiger partial charge in [0.2, 0.25) is 5.69 Å². The van der Waals surface area contributed by atoms with E-state index < -0.39 is 11.6 Å². The van der Waals surface area contributed by atoms with Crippen molar-refractivity contribution in [2.45, 2.75) is 0 Å². The van der Waals surface area contributed by atoms with Crippen LogP contribution >= 0.6 is 0 Å². The first-order valence-electron chi connectivity index (χ1n) is 4.75. The summed E-state index contributed by atoms with van der Waals surface area (Å²) < 4.78 is 28.6. The maximum absolute atomic E-state index is 13.7. The summed E-state index contributed by atoms with van der Waals surface area (Å²) in [4.78, 5) is 5.59. The van der Waals surface area contributed by atoms with E-state index in [0.717, 1.165) is 16.7 Å². The maximum Gasteiger partial charge on any atom is 0.204 e. The summed E-state index contributed by atoms with van der Waals surface area (Å²) in [6, 6.07) is 3.29. The van der Waals surface area contributed by atoms with Crippen molar-refractivity contribution in [3.63, 3.8) is 0 Å². The molecule has 1 heterocycles. The predicted molar refractivity (Wildman–Crippen MR) is 60.8 cm³/mol. The SMILES string of the molecule is [C-]#[N+]c1ccn(-c2c(F)cc(N=[N+]=[N-])cc2F)c1. The van der Waals surface area contributed by atoms with E-state index in [1.807, 2.05) is 0 Å². The van der Waals surface area contributed by atoms with Gasteiger partial charge in [0.15, 0.2) is 11.6 Å². The minimum absolute atomic E-state index is 0.145. The minimum atomic E-state index is -0.871. The molecule has 18 heavy (non-hydrogen) atoms. The highest BCUT2D eigenvalue weighted by molar-refractivity contribution is 5.51. The second kappa shape index (κ2) is 4.57. The fourth-order valence-electron chi connectivity index (χ4n) is 1.50. The largest absolute Gasteiger partial charge is 0.331 e. The molecular formula is C11H5F2N5. The molecule has 0 fully saturated rings. The Morgan fingerprint density at radius 2 is 1.94 bits per heavy atom. The number of hydrogen-bond donors (Lipinski definition) is 0. The molecule has 0 N–H and O–H groups in total. The summed E-state index contributed by atoms with van der Waals surface area (Å²) in [7, 11) is 0. The van der Waals surface area contributed by atoms with E-state index in [4.69, 9.17) is 12.1 Å². The van der Waals surface area contributed by atoms with Crippen molar-refractivity contribution >= 4 is 11.4 Å². The molecule has 88 valence electrons. The van der Waals surface area contributed by atoms with Crippen molar-refractivity contribution in [1.82, 2.24) is 4.57 Å². The standard InChI is InChI=1S/C11H5F2N5/c1-15-7-2-3-18(6-7)11-9(12)4-8(16-17-14)5-10(11)13/h2-6H. The number of benzene rings is 1. The molecule has 0 aliphatic heterocycles. The van der Waals surface area contributed by atoms with Gasteiger partial charge < -0.3 is 4.57 Å². The topological polar surface area (TPSA) is 58.0 Å². The van der Waals surface area contributed by atoms with E-state index >= 15 is 0 Å². The second-order valence-corrected chi connectivity index (χ2v) is 3.34. The van der Waals surface area contributed by atoms with Crippen molar-refractivity contribution in [3.8, 4) is 5.69 Å². The zero-order chi connectivity index (χ0) is 13.1. The molecule has 0 bridgehead atoms. The molecule has 0 unspecified atom stereocenters. The van der Waals surface area contributed by atoms with Crippen LogP contribution in [0.4, 0.5) is 20.2 Å². The zero-order valence-corrected chi connectivity index (χ0v) is 8.88. The summed E-state index contributed by atoms with van der Waals surface area (Å²) in [5.41, 5.74) is 8.01. The van der Waals surface area contributed by atoms with Gasteiger partial charge >= 0.3 is 0 Å². The van der Waals surface area contributed by atoms with Gasteiger partial charge in [-0.1, -0.05) is 5.11 Å². The van der Waals surface area contributed by atoms with Crippen LogP contribution in [0.3, 0.4) is 0 Å². The van der Waals surface area contributed by atoms with Gasteiger partial charge in [0.25, 0.3) is 0 Å². The number of halogens is 2. The Kier molecular flexibility index (Phi) is 2.96. The number of hydrogen-bond acceptors (Lipinski definition) is 1.